The number of benzene rings is 2. The Hall–Kier alpha value is -3.88. The van der Waals surface area contributed by atoms with Crippen LogP contribution in [0.25, 0.3) is 0 Å². The molecule has 1 heterocycles. The molecule has 0 aromatic heterocycles. The maximum Gasteiger partial charge on any atom is 0.254 e. The first kappa shape index (κ1) is 25.7. The Morgan fingerprint density at radius 3 is 2.54 bits per heavy atom. The Morgan fingerprint density at radius 1 is 1.20 bits per heavy atom. The first-order valence-corrected chi connectivity index (χ1v) is 11.5. The third-order valence-corrected chi connectivity index (χ3v) is 6.05. The lowest BCUT2D eigenvalue weighted by molar-refractivity contribution is -0.128. The van der Waals surface area contributed by atoms with Gasteiger partial charge in [-0.3, -0.25) is 19.8 Å². The number of rotatable bonds is 9. The number of hydrogen-bond donors (Lipinski definition) is 3. The Kier molecular flexibility index (Phi) is 7.78. The van der Waals surface area contributed by atoms with Crippen molar-refractivity contribution in [2.45, 2.75) is 33.2 Å². The fourth-order valence-corrected chi connectivity index (χ4v) is 4.08. The number of nitrogens with zero attached hydrogens (tertiary/aromatic N) is 2. The second-order valence-electron chi connectivity index (χ2n) is 8.73. The van der Waals surface area contributed by atoms with Crippen LogP contribution in [0.5, 0.6) is 11.5 Å². The second-order valence-corrected chi connectivity index (χ2v) is 8.73. The zero-order valence-electron chi connectivity index (χ0n) is 20.8. The van der Waals surface area contributed by atoms with Crippen LogP contribution in [0.2, 0.25) is 0 Å². The molecular formula is C26H32N4O5. The minimum absolute atomic E-state index is 0.0347. The molecule has 0 saturated heterocycles. The molecule has 0 unspecified atom stereocenters. The number of ether oxygens (including phenoxy) is 1. The molecule has 1 aliphatic heterocycles. The molecule has 9 heteroatoms. The van der Waals surface area contributed by atoms with Crippen LogP contribution in [0.3, 0.4) is 0 Å². The van der Waals surface area contributed by atoms with Crippen LogP contribution >= 0.6 is 0 Å². The predicted molar refractivity (Wildman–Crippen MR) is 132 cm³/mol. The molecule has 2 aromatic rings. The van der Waals surface area contributed by atoms with E-state index in [2.05, 4.69) is 5.32 Å². The highest BCUT2D eigenvalue weighted by atomic mass is 16.5. The predicted octanol–water partition coefficient (Wildman–Crippen LogP) is 2.50. The van der Waals surface area contributed by atoms with Crippen LogP contribution < -0.4 is 10.1 Å². The number of ketones is 1. The van der Waals surface area contributed by atoms with Gasteiger partial charge in [0.2, 0.25) is 5.91 Å². The van der Waals surface area contributed by atoms with Crippen molar-refractivity contribution >= 4 is 23.4 Å². The van der Waals surface area contributed by atoms with Crippen LogP contribution in [0, 0.1) is 12.3 Å². The van der Waals surface area contributed by atoms with E-state index in [4.69, 9.17) is 10.1 Å². The van der Waals surface area contributed by atoms with Crippen LogP contribution in [-0.4, -0.2) is 72.6 Å². The summed E-state index contributed by atoms with van der Waals surface area (Å²) in [5.41, 5.74) is 3.25. The van der Waals surface area contributed by atoms with Crippen molar-refractivity contribution in [3.05, 3.63) is 57.6 Å². The lowest BCUT2D eigenvalue weighted by atomic mass is 9.98. The van der Waals surface area contributed by atoms with Crippen LogP contribution in [0.1, 0.15) is 56.3 Å². The summed E-state index contributed by atoms with van der Waals surface area (Å²) in [4.78, 5) is 40.6. The minimum Gasteiger partial charge on any atom is -0.507 e. The largest absolute Gasteiger partial charge is 0.507 e. The van der Waals surface area contributed by atoms with Gasteiger partial charge in [-0.2, -0.15) is 0 Å². The van der Waals surface area contributed by atoms with Gasteiger partial charge >= 0.3 is 0 Å². The molecule has 3 rings (SSSR count). The molecule has 0 radical (unpaired) electrons. The first-order valence-electron chi connectivity index (χ1n) is 11.5. The zero-order chi connectivity index (χ0) is 25.9. The Labute approximate surface area is 205 Å². The molecule has 186 valence electrons. The highest BCUT2D eigenvalue weighted by Crippen LogP contribution is 2.31. The van der Waals surface area contributed by atoms with E-state index in [-0.39, 0.29) is 42.1 Å². The van der Waals surface area contributed by atoms with E-state index in [1.54, 1.807) is 50.2 Å². The molecule has 1 aliphatic rings. The first-order chi connectivity index (χ1) is 16.6. The number of Topliss-reactive ketones (excluding diaryl/α,β-unsaturated/α-hetero) is 1. The van der Waals surface area contributed by atoms with Gasteiger partial charge in [-0.1, -0.05) is 0 Å². The summed E-state index contributed by atoms with van der Waals surface area (Å²) in [7, 11) is 4.88. The van der Waals surface area contributed by atoms with E-state index in [0.29, 0.717) is 53.1 Å². The summed E-state index contributed by atoms with van der Waals surface area (Å²) in [5, 5.41) is 21.6. The average molecular weight is 481 g/mol. The van der Waals surface area contributed by atoms with E-state index in [1.165, 1.54) is 11.9 Å². The molecule has 0 bridgehead atoms. The van der Waals surface area contributed by atoms with Gasteiger partial charge in [-0.05, 0) is 61.2 Å². The normalized spacial score (nSPS) is 12.4. The molecule has 0 spiro atoms. The quantitative estimate of drug-likeness (QED) is 0.474. The van der Waals surface area contributed by atoms with Gasteiger partial charge in [0.1, 0.15) is 17.3 Å². The van der Waals surface area contributed by atoms with Gasteiger partial charge in [0.25, 0.3) is 5.91 Å². The van der Waals surface area contributed by atoms with Gasteiger partial charge in [0, 0.05) is 45.2 Å². The molecule has 3 N–H and O–H groups in total. The maximum absolute atomic E-state index is 13.2. The van der Waals surface area contributed by atoms with Crippen LogP contribution in [0.4, 0.5) is 0 Å². The number of hydrogen-bond acceptors (Lipinski definition) is 6. The number of amidine groups is 1. The van der Waals surface area contributed by atoms with Gasteiger partial charge < -0.3 is 25.0 Å². The SMILES string of the molecule is CCOc1cc2c(cc1C(=O)NC)C(=N)N(CC(=O)c1cc(C)c(O)c(CCC(=O)N(C)C)c1)C2. The molecule has 35 heavy (non-hydrogen) atoms. The Morgan fingerprint density at radius 2 is 1.91 bits per heavy atom. The molecule has 0 fully saturated rings. The number of phenols is 1. The van der Waals surface area contributed by atoms with Gasteiger partial charge in [-0.15, -0.1) is 0 Å². The zero-order valence-corrected chi connectivity index (χ0v) is 20.8. The van der Waals surface area contributed by atoms with Crippen LogP contribution in [0.15, 0.2) is 24.3 Å². The third kappa shape index (κ3) is 5.45. The fourth-order valence-electron chi connectivity index (χ4n) is 4.08. The van der Waals surface area contributed by atoms with Crippen molar-refractivity contribution in [2.24, 2.45) is 0 Å². The summed E-state index contributed by atoms with van der Waals surface area (Å²) in [6, 6.07) is 6.64. The number of aromatic hydroxyl groups is 1. The molecule has 9 nitrogen and oxygen atoms in total. The molecular weight excluding hydrogens is 448 g/mol. The van der Waals surface area contributed by atoms with Crippen molar-refractivity contribution in [3.63, 3.8) is 0 Å². The van der Waals surface area contributed by atoms with E-state index in [0.717, 1.165) is 5.56 Å². The van der Waals surface area contributed by atoms with Crippen molar-refractivity contribution in [1.29, 1.82) is 5.41 Å². The lowest BCUT2D eigenvalue weighted by Crippen LogP contribution is -2.30. The second kappa shape index (κ2) is 10.6. The summed E-state index contributed by atoms with van der Waals surface area (Å²) < 4.78 is 5.63. The smallest absolute Gasteiger partial charge is 0.254 e. The third-order valence-electron chi connectivity index (χ3n) is 6.05. The molecule has 0 saturated carbocycles. The highest BCUT2D eigenvalue weighted by molar-refractivity contribution is 6.07. The standard InChI is InChI=1S/C26H32N4O5/c1-6-35-22-11-18-13-30(25(27)19(18)12-20(22)26(34)28-3)14-21(31)17-9-15(2)24(33)16(10-17)7-8-23(32)29(4)5/h9-12,27,33H,6-8,13-14H2,1-5H3,(H,28,34). The van der Waals surface area contributed by atoms with Crippen molar-refractivity contribution in [2.75, 3.05) is 34.3 Å². The number of amides is 2. The van der Waals surface area contributed by atoms with Gasteiger partial charge in [0.15, 0.2) is 5.78 Å². The fraction of sp³-hybridized carbons (Fsp3) is 0.385. The van der Waals surface area contributed by atoms with Gasteiger partial charge in [0.05, 0.1) is 18.7 Å². The van der Waals surface area contributed by atoms with E-state index >= 15 is 0 Å². The lowest BCUT2D eigenvalue weighted by Gasteiger charge is -2.18. The van der Waals surface area contributed by atoms with E-state index in [9.17, 15) is 19.5 Å². The maximum atomic E-state index is 13.2. The highest BCUT2D eigenvalue weighted by Gasteiger charge is 2.29. The van der Waals surface area contributed by atoms with Gasteiger partial charge in [-0.25, -0.2) is 0 Å². The summed E-state index contributed by atoms with van der Waals surface area (Å²) in [6.45, 7) is 4.25. The van der Waals surface area contributed by atoms with Crippen molar-refractivity contribution in [1.82, 2.24) is 15.1 Å². The topological polar surface area (TPSA) is 123 Å². The number of aryl methyl sites for hydroxylation is 2. The number of carbonyl (C=O) groups excluding carboxylic acids is 3. The van der Waals surface area contributed by atoms with Crippen molar-refractivity contribution in [3.8, 4) is 11.5 Å². The number of fused-ring (bicyclic) bond motifs is 1. The van der Waals surface area contributed by atoms with E-state index in [1.807, 2.05) is 6.92 Å². The number of phenolic OH excluding ortho intramolecular Hbond substituents is 1. The van der Waals surface area contributed by atoms with Crippen molar-refractivity contribution < 1.29 is 24.2 Å². The van der Waals surface area contributed by atoms with Crippen LogP contribution in [-0.2, 0) is 17.8 Å². The Bertz CT molecular complexity index is 1190. The molecule has 0 atom stereocenters. The number of carbonyl (C=O) groups is 3. The summed E-state index contributed by atoms with van der Waals surface area (Å²) in [5.74, 6) is 0.108. The summed E-state index contributed by atoms with van der Waals surface area (Å²) in [6.07, 6.45) is 0.539. The molecule has 2 amide bonds. The average Bonchev–Trinajstić information content (AvgIpc) is 3.12. The Balaban J connectivity index is 1.81. The number of nitrogens with one attached hydrogen (secondary N) is 2. The molecule has 0 aliphatic carbocycles. The monoisotopic (exact) mass is 480 g/mol. The van der Waals surface area contributed by atoms with E-state index < -0.39 is 0 Å². The summed E-state index contributed by atoms with van der Waals surface area (Å²) >= 11 is 0. The molecule has 2 aromatic carbocycles. The minimum atomic E-state index is -0.307.